The Bertz CT molecular complexity index is 250. The molecule has 56 valence electrons. The van der Waals surface area contributed by atoms with Crippen LogP contribution in [0, 0.1) is 0 Å². The first kappa shape index (κ1) is 7.81. The Labute approximate surface area is 81.1 Å². The van der Waals surface area contributed by atoms with Crippen LogP contribution in [0.5, 0.6) is 0 Å². The maximum atomic E-state index is 2.26. The van der Waals surface area contributed by atoms with Gasteiger partial charge in [0, 0.05) is 0 Å². The van der Waals surface area contributed by atoms with Gasteiger partial charge in [0.2, 0.25) is 0 Å². The van der Waals surface area contributed by atoms with E-state index < -0.39 is 0 Å². The van der Waals surface area contributed by atoms with E-state index in [9.17, 15) is 0 Å². The van der Waals surface area contributed by atoms with Gasteiger partial charge in [0.25, 0.3) is 0 Å². The number of allylic oxidation sites excluding steroid dienone is 3. The zero-order valence-corrected chi connectivity index (χ0v) is 9.03. The van der Waals surface area contributed by atoms with E-state index in [0.717, 1.165) is 0 Å². The summed E-state index contributed by atoms with van der Waals surface area (Å²) in [6, 6.07) is 0. The molecule has 0 saturated heterocycles. The normalized spacial score (nSPS) is 21.8. The molecule has 0 aliphatic carbocycles. The van der Waals surface area contributed by atoms with Crippen molar-refractivity contribution in [2.45, 2.75) is 0 Å². The van der Waals surface area contributed by atoms with Crippen LogP contribution in [0.1, 0.15) is 0 Å². The summed E-state index contributed by atoms with van der Waals surface area (Å²) in [7, 11) is 0. The molecule has 0 amide bonds. The summed E-state index contributed by atoms with van der Waals surface area (Å²) in [6.45, 7) is 0. The van der Waals surface area contributed by atoms with E-state index in [4.69, 9.17) is 0 Å². The van der Waals surface area contributed by atoms with Gasteiger partial charge in [0.05, 0.1) is 0 Å². The zero-order chi connectivity index (χ0) is 7.52. The second-order valence-corrected chi connectivity index (χ2v) is 5.80. The fraction of sp³-hybridized carbons (Fsp3) is 0. The van der Waals surface area contributed by atoms with E-state index in [-0.39, 0.29) is 0 Å². The van der Waals surface area contributed by atoms with Gasteiger partial charge in [-0.3, -0.25) is 0 Å². The van der Waals surface area contributed by atoms with Crippen molar-refractivity contribution in [3.05, 3.63) is 42.7 Å². The van der Waals surface area contributed by atoms with Gasteiger partial charge < -0.3 is 0 Å². The van der Waals surface area contributed by atoms with Crippen LogP contribution >= 0.6 is 23.5 Å². The molecule has 0 spiro atoms. The average Bonchev–Trinajstić information content (AvgIpc) is 2.58. The first-order valence-electron chi connectivity index (χ1n) is 3.18. The summed E-state index contributed by atoms with van der Waals surface area (Å²) in [5.74, 6) is 0. The Kier molecular flexibility index (Phi) is 2.64. The van der Waals surface area contributed by atoms with E-state index in [1.165, 1.54) is 9.81 Å². The van der Waals surface area contributed by atoms with Crippen LogP contribution in [0.3, 0.4) is 0 Å². The third-order valence-electron chi connectivity index (χ3n) is 1.29. The molecule has 2 aliphatic heterocycles. The second kappa shape index (κ2) is 3.72. The van der Waals surface area contributed by atoms with Crippen molar-refractivity contribution in [2.24, 2.45) is 0 Å². The molecule has 0 unspecified atom stereocenters. The van der Waals surface area contributed by atoms with Crippen molar-refractivity contribution in [3.63, 3.8) is 0 Å². The molecule has 2 rings (SSSR count). The fourth-order valence-electron chi connectivity index (χ4n) is 0.805. The quantitative estimate of drug-likeness (QED) is 0.602. The molecule has 0 N–H and O–H groups in total. The number of thioether (sulfide) groups is 2. The Hall–Kier alpha value is 0.179. The molecular weight excluding hydrogens is 239 g/mol. The van der Waals surface area contributed by atoms with Crippen LogP contribution in [0.15, 0.2) is 42.7 Å². The van der Waals surface area contributed by atoms with Gasteiger partial charge in [0.15, 0.2) is 0 Å². The molecule has 0 aromatic heterocycles. The Balaban J connectivity index is 2.24. The molecule has 2 heterocycles. The number of rotatable bonds is 0. The van der Waals surface area contributed by atoms with E-state index in [1.807, 2.05) is 23.5 Å². The predicted molar refractivity (Wildman–Crippen MR) is 55.4 cm³/mol. The molecule has 0 atom stereocenters. The van der Waals surface area contributed by atoms with Crippen molar-refractivity contribution in [1.82, 2.24) is 0 Å². The summed E-state index contributed by atoms with van der Waals surface area (Å²) >= 11 is 4.23. The van der Waals surface area contributed by atoms with Crippen molar-refractivity contribution in [3.8, 4) is 0 Å². The maximum absolute atomic E-state index is 2.26. The topological polar surface area (TPSA) is 0 Å². The van der Waals surface area contributed by atoms with Gasteiger partial charge >= 0.3 is 81.2 Å². The van der Waals surface area contributed by atoms with Gasteiger partial charge in [-0.1, -0.05) is 0 Å². The Morgan fingerprint density at radius 3 is 2.27 bits per heavy atom. The monoisotopic (exact) mass is 246 g/mol. The average molecular weight is 245 g/mol. The van der Waals surface area contributed by atoms with Gasteiger partial charge in [-0.2, -0.15) is 0 Å². The van der Waals surface area contributed by atoms with Crippen LogP contribution in [-0.4, -0.2) is 15.0 Å². The molecule has 0 bridgehead atoms. The second-order valence-electron chi connectivity index (χ2n) is 1.99. The first-order valence-corrected chi connectivity index (χ1v) is 6.92. The zero-order valence-electron chi connectivity index (χ0n) is 5.69. The van der Waals surface area contributed by atoms with E-state index in [1.54, 1.807) is 0 Å². The van der Waals surface area contributed by atoms with E-state index >= 15 is 0 Å². The predicted octanol–water partition coefficient (Wildman–Crippen LogP) is 2.89. The van der Waals surface area contributed by atoms with E-state index in [2.05, 4.69) is 32.9 Å². The summed E-state index contributed by atoms with van der Waals surface area (Å²) in [5.41, 5.74) is 1.37. The fourth-order valence-corrected chi connectivity index (χ4v) is 3.73. The molecular formula is C8H6S2Se. The standard InChI is InChI=1S/C8H6S2Se/c1-5-11-6-2-7(1)8-9-3-4-10-8/h1-6H. The van der Waals surface area contributed by atoms with Crippen molar-refractivity contribution in [2.75, 3.05) is 0 Å². The Morgan fingerprint density at radius 1 is 1.00 bits per heavy atom. The van der Waals surface area contributed by atoms with Gasteiger partial charge in [-0.05, 0) is 0 Å². The molecule has 0 aromatic rings. The van der Waals surface area contributed by atoms with Crippen LogP contribution in [-0.2, 0) is 0 Å². The van der Waals surface area contributed by atoms with Crippen LogP contribution in [0.4, 0.5) is 0 Å². The first-order chi connectivity index (χ1) is 5.47. The van der Waals surface area contributed by atoms with Crippen molar-refractivity contribution >= 4 is 38.5 Å². The van der Waals surface area contributed by atoms with Gasteiger partial charge in [-0.15, -0.1) is 0 Å². The van der Waals surface area contributed by atoms with Gasteiger partial charge in [-0.25, -0.2) is 0 Å². The summed E-state index contributed by atoms with van der Waals surface area (Å²) in [4.78, 5) is 4.52. The summed E-state index contributed by atoms with van der Waals surface area (Å²) in [6.07, 6.45) is 4.45. The molecule has 0 saturated carbocycles. The molecule has 11 heavy (non-hydrogen) atoms. The number of hydrogen-bond donors (Lipinski definition) is 0. The van der Waals surface area contributed by atoms with Crippen LogP contribution in [0.2, 0.25) is 0 Å². The third-order valence-corrected chi connectivity index (χ3v) is 4.72. The molecule has 0 aromatic carbocycles. The van der Waals surface area contributed by atoms with Gasteiger partial charge in [0.1, 0.15) is 0 Å². The number of hydrogen-bond acceptors (Lipinski definition) is 2. The minimum absolute atomic E-state index is 0.603. The van der Waals surface area contributed by atoms with Crippen molar-refractivity contribution in [1.29, 1.82) is 0 Å². The minimum atomic E-state index is 0.603. The van der Waals surface area contributed by atoms with Crippen LogP contribution in [0.25, 0.3) is 0 Å². The van der Waals surface area contributed by atoms with E-state index in [0.29, 0.717) is 15.0 Å². The van der Waals surface area contributed by atoms with Crippen LogP contribution < -0.4 is 0 Å². The molecule has 0 fully saturated rings. The summed E-state index contributed by atoms with van der Waals surface area (Å²) in [5, 5.41) is 4.27. The molecule has 2 aliphatic rings. The third kappa shape index (κ3) is 1.85. The summed E-state index contributed by atoms with van der Waals surface area (Å²) < 4.78 is 1.41. The molecule has 0 radical (unpaired) electrons. The molecule has 3 heteroatoms. The SMILES string of the molecule is C1=CSC(=C2C=C[Se]C=C2)S1. The Morgan fingerprint density at radius 2 is 1.64 bits per heavy atom. The van der Waals surface area contributed by atoms with Crippen molar-refractivity contribution < 1.29 is 0 Å². The molecule has 0 nitrogen and oxygen atoms in total.